The average Bonchev–Trinajstić information content (AvgIpc) is 2.60. The Hall–Kier alpha value is -1.77. The molecule has 0 heterocycles. The summed E-state index contributed by atoms with van der Waals surface area (Å²) in [7, 11) is -4.03. The van der Waals surface area contributed by atoms with Gasteiger partial charge in [0.2, 0.25) is 0 Å². The highest BCUT2D eigenvalue weighted by atomic mass is 32.3. The molecule has 2 aromatic rings. The first kappa shape index (κ1) is 19.3. The van der Waals surface area contributed by atoms with Gasteiger partial charge in [0, 0.05) is 0 Å². The Labute approximate surface area is 136 Å². The van der Waals surface area contributed by atoms with E-state index in [9.17, 15) is 8.42 Å². The fourth-order valence-corrected chi connectivity index (χ4v) is 2.20. The van der Waals surface area contributed by atoms with E-state index in [-0.39, 0.29) is 13.2 Å². The van der Waals surface area contributed by atoms with E-state index in [0.717, 1.165) is 0 Å². The van der Waals surface area contributed by atoms with Crippen molar-refractivity contribution in [3.8, 4) is 11.1 Å². The molecule has 0 bridgehead atoms. The van der Waals surface area contributed by atoms with Crippen LogP contribution in [0.3, 0.4) is 0 Å². The normalized spacial score (nSPS) is 10.7. The van der Waals surface area contributed by atoms with Crippen molar-refractivity contribution < 1.29 is 27.0 Å². The number of benzene rings is 2. The summed E-state index contributed by atoms with van der Waals surface area (Å²) in [6, 6.07) is 20.8. The maximum Gasteiger partial charge on any atom is 0.400 e. The highest BCUT2D eigenvalue weighted by molar-refractivity contribution is 7.81. The lowest BCUT2D eigenvalue weighted by Crippen LogP contribution is -2.14. The van der Waals surface area contributed by atoms with E-state index >= 15 is 0 Å². The molecule has 0 unspecified atom stereocenters. The van der Waals surface area contributed by atoms with Crippen LogP contribution in [-0.4, -0.2) is 45.1 Å². The Morgan fingerprint density at radius 2 is 1.04 bits per heavy atom. The molecule has 2 N–H and O–H groups in total. The van der Waals surface area contributed by atoms with Gasteiger partial charge in [-0.15, -0.1) is 0 Å². The smallest absolute Gasteiger partial charge is 0.394 e. The van der Waals surface area contributed by atoms with Gasteiger partial charge in [-0.05, 0) is 11.1 Å². The van der Waals surface area contributed by atoms with Crippen LogP contribution < -0.4 is 0 Å². The van der Waals surface area contributed by atoms with Crippen molar-refractivity contribution in [2.75, 3.05) is 26.4 Å². The summed E-state index contributed by atoms with van der Waals surface area (Å²) in [5.41, 5.74) is 2.55. The van der Waals surface area contributed by atoms with E-state index in [1.165, 1.54) is 11.1 Å². The molecule has 0 fully saturated rings. The molecule has 2 aromatic carbocycles. The molecule has 0 saturated carbocycles. The molecule has 0 aliphatic heterocycles. The van der Waals surface area contributed by atoms with Crippen LogP contribution in [0.15, 0.2) is 60.7 Å². The highest BCUT2D eigenvalue weighted by Gasteiger charge is 2.09. The van der Waals surface area contributed by atoms with Gasteiger partial charge in [0.25, 0.3) is 0 Å². The van der Waals surface area contributed by atoms with E-state index in [1.54, 1.807) is 0 Å². The van der Waals surface area contributed by atoms with E-state index in [1.807, 2.05) is 12.1 Å². The molecule has 126 valence electrons. The zero-order chi connectivity index (χ0) is 17.0. The van der Waals surface area contributed by atoms with Crippen LogP contribution in [0.2, 0.25) is 0 Å². The first-order valence-corrected chi connectivity index (χ1v) is 8.28. The summed E-state index contributed by atoms with van der Waals surface area (Å²) in [6.45, 7) is -1.48. The largest absolute Gasteiger partial charge is 0.400 e. The van der Waals surface area contributed by atoms with Gasteiger partial charge in [-0.1, -0.05) is 60.7 Å². The van der Waals surface area contributed by atoms with Gasteiger partial charge < -0.3 is 10.2 Å². The second-order valence-electron chi connectivity index (χ2n) is 4.23. The average molecular weight is 340 g/mol. The molecule has 23 heavy (non-hydrogen) atoms. The van der Waals surface area contributed by atoms with Crippen molar-refractivity contribution in [3.05, 3.63) is 60.7 Å². The molecule has 7 heteroatoms. The van der Waals surface area contributed by atoms with Gasteiger partial charge in [-0.2, -0.15) is 8.42 Å². The van der Waals surface area contributed by atoms with E-state index in [4.69, 9.17) is 10.2 Å². The summed E-state index contributed by atoms with van der Waals surface area (Å²) < 4.78 is 29.1. The summed E-state index contributed by atoms with van der Waals surface area (Å²) in [5, 5.41) is 16.3. The first-order valence-electron chi connectivity index (χ1n) is 6.95. The molecule has 0 atom stereocenters. The van der Waals surface area contributed by atoms with Crippen LogP contribution in [0.25, 0.3) is 11.1 Å². The minimum absolute atomic E-state index is 0.340. The maximum absolute atomic E-state index is 10.5. The van der Waals surface area contributed by atoms with Gasteiger partial charge in [0.15, 0.2) is 0 Å². The highest BCUT2D eigenvalue weighted by Crippen LogP contribution is 2.17. The van der Waals surface area contributed by atoms with Crippen LogP contribution in [0, 0.1) is 0 Å². The van der Waals surface area contributed by atoms with Gasteiger partial charge in [-0.3, -0.25) is 0 Å². The number of hydrogen-bond acceptors (Lipinski definition) is 6. The number of rotatable bonds is 7. The molecule has 2 rings (SSSR count). The number of hydrogen-bond donors (Lipinski definition) is 2. The quantitative estimate of drug-likeness (QED) is 0.795. The van der Waals surface area contributed by atoms with E-state index < -0.39 is 23.6 Å². The lowest BCUT2D eigenvalue weighted by molar-refractivity contribution is 0.148. The molecule has 6 nitrogen and oxygen atoms in total. The van der Waals surface area contributed by atoms with Crippen molar-refractivity contribution in [1.29, 1.82) is 0 Å². The number of aliphatic hydroxyl groups excluding tert-OH is 2. The fourth-order valence-electron chi connectivity index (χ4n) is 1.57. The van der Waals surface area contributed by atoms with Crippen molar-refractivity contribution >= 4 is 10.4 Å². The predicted molar refractivity (Wildman–Crippen MR) is 86.9 cm³/mol. The maximum atomic E-state index is 10.5. The Morgan fingerprint density at radius 3 is 1.35 bits per heavy atom. The zero-order valence-electron chi connectivity index (χ0n) is 12.5. The standard InChI is InChI=1S/C12H10.C4H10O6S/c1-3-7-11(8-4-1)12-9-5-2-6-10-12;5-1-3-9-11(7,8)10-4-2-6/h1-10H;5-6H,1-4H2. The minimum Gasteiger partial charge on any atom is -0.394 e. The van der Waals surface area contributed by atoms with Crippen molar-refractivity contribution in [1.82, 2.24) is 0 Å². The van der Waals surface area contributed by atoms with Crippen LogP contribution in [0.5, 0.6) is 0 Å². The first-order chi connectivity index (χ1) is 11.1. The zero-order valence-corrected chi connectivity index (χ0v) is 13.4. The Balaban J connectivity index is 0.000000232. The molecule has 0 spiro atoms. The Bertz CT molecular complexity index is 577. The monoisotopic (exact) mass is 340 g/mol. The van der Waals surface area contributed by atoms with Crippen molar-refractivity contribution in [2.24, 2.45) is 0 Å². The van der Waals surface area contributed by atoms with E-state index in [2.05, 4.69) is 56.9 Å². The molecule has 0 saturated heterocycles. The fraction of sp³-hybridized carbons (Fsp3) is 0.250. The van der Waals surface area contributed by atoms with Gasteiger partial charge in [-0.25, -0.2) is 8.37 Å². The SMILES string of the molecule is O=S(=O)(OCCO)OCCO.c1ccc(-c2ccccc2)cc1. The van der Waals surface area contributed by atoms with Gasteiger partial charge >= 0.3 is 10.4 Å². The van der Waals surface area contributed by atoms with E-state index in [0.29, 0.717) is 0 Å². The lowest BCUT2D eigenvalue weighted by Gasteiger charge is -2.01. The van der Waals surface area contributed by atoms with Crippen molar-refractivity contribution in [3.63, 3.8) is 0 Å². The van der Waals surface area contributed by atoms with Crippen LogP contribution >= 0.6 is 0 Å². The lowest BCUT2D eigenvalue weighted by atomic mass is 10.1. The number of aliphatic hydroxyl groups is 2. The minimum atomic E-state index is -4.03. The molecule has 0 aliphatic rings. The Kier molecular flexibility index (Phi) is 9.11. The topological polar surface area (TPSA) is 93.1 Å². The second-order valence-corrected chi connectivity index (χ2v) is 5.52. The predicted octanol–water partition coefficient (Wildman–Crippen LogP) is 1.60. The van der Waals surface area contributed by atoms with Crippen LogP contribution in [0.1, 0.15) is 0 Å². The third kappa shape index (κ3) is 8.44. The third-order valence-electron chi connectivity index (χ3n) is 2.52. The molecule has 0 aromatic heterocycles. The summed E-state index contributed by atoms with van der Waals surface area (Å²) in [6.07, 6.45) is 0. The second kappa shape index (κ2) is 10.9. The van der Waals surface area contributed by atoms with Gasteiger partial charge in [0.05, 0.1) is 26.4 Å². The molecule has 0 radical (unpaired) electrons. The molecular weight excluding hydrogens is 320 g/mol. The van der Waals surface area contributed by atoms with Crippen LogP contribution in [0.4, 0.5) is 0 Å². The summed E-state index contributed by atoms with van der Waals surface area (Å²) in [5.74, 6) is 0. The third-order valence-corrected chi connectivity index (χ3v) is 3.43. The molecule has 0 aliphatic carbocycles. The van der Waals surface area contributed by atoms with Gasteiger partial charge in [0.1, 0.15) is 0 Å². The van der Waals surface area contributed by atoms with Crippen LogP contribution in [-0.2, 0) is 18.8 Å². The Morgan fingerprint density at radius 1 is 0.696 bits per heavy atom. The molecule has 0 amide bonds. The van der Waals surface area contributed by atoms with Crippen molar-refractivity contribution in [2.45, 2.75) is 0 Å². The summed E-state index contributed by atoms with van der Waals surface area (Å²) >= 11 is 0. The molecular formula is C16H20O6S. The summed E-state index contributed by atoms with van der Waals surface area (Å²) in [4.78, 5) is 0.